The van der Waals surface area contributed by atoms with Crippen LogP contribution in [0.15, 0.2) is 11.4 Å². The highest BCUT2D eigenvalue weighted by Crippen LogP contribution is 2.15. The highest BCUT2D eigenvalue weighted by atomic mass is 35.5. The number of imidazole rings is 1. The largest absolute Gasteiger partial charge is 0.318 e. The molecule has 6 heteroatoms. The van der Waals surface area contributed by atoms with Gasteiger partial charge < -0.3 is 4.57 Å². The zero-order chi connectivity index (χ0) is 11.6. The lowest BCUT2D eigenvalue weighted by Gasteiger charge is -2.11. The molecular formula is C9H15ClN2O2S. The van der Waals surface area contributed by atoms with Crippen LogP contribution in [0.5, 0.6) is 0 Å². The second-order valence-corrected chi connectivity index (χ2v) is 6.12. The highest BCUT2D eigenvalue weighted by molar-refractivity contribution is 7.90. The van der Waals surface area contributed by atoms with E-state index in [2.05, 4.69) is 4.98 Å². The van der Waals surface area contributed by atoms with Crippen LogP contribution in [-0.4, -0.2) is 24.2 Å². The molecule has 0 amide bonds. The van der Waals surface area contributed by atoms with Crippen molar-refractivity contribution in [3.63, 3.8) is 0 Å². The van der Waals surface area contributed by atoms with E-state index in [0.717, 1.165) is 11.9 Å². The Morgan fingerprint density at radius 3 is 2.53 bits per heavy atom. The van der Waals surface area contributed by atoms with E-state index >= 15 is 0 Å². The fraction of sp³-hybridized carbons (Fsp3) is 0.667. The number of rotatable bonds is 4. The summed E-state index contributed by atoms with van der Waals surface area (Å²) in [4.78, 5) is 3.90. The van der Waals surface area contributed by atoms with Gasteiger partial charge in [-0.2, -0.15) is 0 Å². The van der Waals surface area contributed by atoms with Gasteiger partial charge in [0.1, 0.15) is 0 Å². The molecule has 0 unspecified atom stereocenters. The monoisotopic (exact) mass is 250 g/mol. The molecule has 0 N–H and O–H groups in total. The molecule has 4 nitrogen and oxygen atoms in total. The molecule has 1 rings (SSSR count). The van der Waals surface area contributed by atoms with Crippen LogP contribution in [0.4, 0.5) is 0 Å². The first kappa shape index (κ1) is 12.5. The molecule has 15 heavy (non-hydrogen) atoms. The van der Waals surface area contributed by atoms with Gasteiger partial charge in [0.05, 0.1) is 17.8 Å². The minimum Gasteiger partial charge on any atom is -0.318 e. The molecule has 1 aromatic heterocycles. The molecule has 0 radical (unpaired) electrons. The van der Waals surface area contributed by atoms with Crippen molar-refractivity contribution in [2.24, 2.45) is 5.92 Å². The predicted octanol–water partition coefficient (Wildman–Crippen LogP) is 1.68. The average molecular weight is 251 g/mol. The molecule has 0 fully saturated rings. The Morgan fingerprint density at radius 2 is 2.13 bits per heavy atom. The maximum absolute atomic E-state index is 11.4. The second kappa shape index (κ2) is 4.53. The highest BCUT2D eigenvalue weighted by Gasteiger charge is 2.18. The first-order chi connectivity index (χ1) is 6.86. The van der Waals surface area contributed by atoms with E-state index in [1.54, 1.807) is 4.57 Å². The van der Waals surface area contributed by atoms with Crippen molar-refractivity contribution in [3.05, 3.63) is 11.9 Å². The topological polar surface area (TPSA) is 52.0 Å². The van der Waals surface area contributed by atoms with Crippen molar-refractivity contribution >= 4 is 21.4 Å². The van der Waals surface area contributed by atoms with Gasteiger partial charge in [-0.05, 0) is 5.92 Å². The Balaban J connectivity index is 3.24. The molecule has 0 aliphatic heterocycles. The van der Waals surface area contributed by atoms with E-state index in [0.29, 0.717) is 12.5 Å². The summed E-state index contributed by atoms with van der Waals surface area (Å²) >= 11 is 5.72. The zero-order valence-corrected chi connectivity index (χ0v) is 10.6. The smallest absolute Gasteiger partial charge is 0.227 e. The summed E-state index contributed by atoms with van der Waals surface area (Å²) in [5.41, 5.74) is 0.741. The number of nitrogens with zero attached hydrogens (tertiary/aromatic N) is 2. The van der Waals surface area contributed by atoms with Crippen molar-refractivity contribution < 1.29 is 8.42 Å². The van der Waals surface area contributed by atoms with Crippen LogP contribution in [-0.2, 0) is 22.3 Å². The lowest BCUT2D eigenvalue weighted by Crippen LogP contribution is -2.14. The third-order valence-corrected chi connectivity index (χ3v) is 3.18. The lowest BCUT2D eigenvalue weighted by molar-refractivity contribution is 0.475. The van der Waals surface area contributed by atoms with Gasteiger partial charge in [-0.3, -0.25) is 0 Å². The van der Waals surface area contributed by atoms with E-state index in [1.807, 2.05) is 13.8 Å². The predicted molar refractivity (Wildman–Crippen MR) is 59.7 cm³/mol. The summed E-state index contributed by atoms with van der Waals surface area (Å²) in [7, 11) is -3.28. The summed E-state index contributed by atoms with van der Waals surface area (Å²) in [6.45, 7) is 4.65. The van der Waals surface area contributed by atoms with Crippen LogP contribution in [0.1, 0.15) is 19.5 Å². The van der Waals surface area contributed by atoms with Crippen LogP contribution >= 0.6 is 11.6 Å². The molecule has 0 aromatic carbocycles. The molecule has 0 aliphatic carbocycles. The van der Waals surface area contributed by atoms with Gasteiger partial charge in [0.2, 0.25) is 15.0 Å². The van der Waals surface area contributed by atoms with E-state index in [4.69, 9.17) is 11.6 Å². The molecule has 1 aromatic rings. The minimum absolute atomic E-state index is 0.104. The molecule has 0 bridgehead atoms. The summed E-state index contributed by atoms with van der Waals surface area (Å²) in [5, 5.41) is 0.104. The molecule has 0 spiro atoms. The van der Waals surface area contributed by atoms with E-state index in [9.17, 15) is 8.42 Å². The molecule has 0 atom stereocenters. The maximum Gasteiger partial charge on any atom is 0.227 e. The number of sulfone groups is 1. The van der Waals surface area contributed by atoms with Crippen LogP contribution in [0.3, 0.4) is 0 Å². The summed E-state index contributed by atoms with van der Waals surface area (Å²) in [6.07, 6.45) is 2.68. The van der Waals surface area contributed by atoms with Gasteiger partial charge in [0, 0.05) is 12.8 Å². The fourth-order valence-electron chi connectivity index (χ4n) is 1.36. The second-order valence-electron chi connectivity index (χ2n) is 3.94. The quantitative estimate of drug-likeness (QED) is 0.764. The molecule has 0 saturated carbocycles. The number of alkyl halides is 1. The Labute approximate surface area is 95.2 Å². The van der Waals surface area contributed by atoms with Crippen molar-refractivity contribution in [1.29, 1.82) is 0 Å². The van der Waals surface area contributed by atoms with Crippen LogP contribution in [0.25, 0.3) is 0 Å². The Kier molecular flexibility index (Phi) is 3.78. The molecular weight excluding hydrogens is 236 g/mol. The van der Waals surface area contributed by atoms with Gasteiger partial charge in [0.15, 0.2) is 0 Å². The number of aromatic nitrogens is 2. The van der Waals surface area contributed by atoms with Gasteiger partial charge >= 0.3 is 0 Å². The minimum atomic E-state index is -3.28. The normalized spacial score (nSPS) is 12.3. The Hall–Kier alpha value is -0.550. The van der Waals surface area contributed by atoms with Crippen LogP contribution in [0.2, 0.25) is 0 Å². The van der Waals surface area contributed by atoms with Crippen LogP contribution < -0.4 is 0 Å². The lowest BCUT2D eigenvalue weighted by atomic mass is 10.2. The van der Waals surface area contributed by atoms with Crippen molar-refractivity contribution in [1.82, 2.24) is 9.55 Å². The van der Waals surface area contributed by atoms with Gasteiger partial charge in [-0.1, -0.05) is 13.8 Å². The first-order valence-corrected chi connectivity index (χ1v) is 7.09. The molecule has 1 heterocycles. The fourth-order valence-corrected chi connectivity index (χ4v) is 2.40. The molecule has 0 aliphatic rings. The SMILES string of the molecule is CC(C)Cn1c(CCl)cnc1S(C)(=O)=O. The summed E-state index contributed by atoms with van der Waals surface area (Å²) in [5.74, 6) is 0.622. The van der Waals surface area contributed by atoms with E-state index in [-0.39, 0.29) is 11.0 Å². The third-order valence-electron chi connectivity index (χ3n) is 1.92. The standard InChI is InChI=1S/C9H15ClN2O2S/c1-7(2)6-12-8(4-10)5-11-9(12)15(3,13)14/h5,7H,4,6H2,1-3H3. The summed E-state index contributed by atoms with van der Waals surface area (Å²) < 4.78 is 24.5. The molecule has 0 saturated heterocycles. The average Bonchev–Trinajstić information content (AvgIpc) is 2.45. The van der Waals surface area contributed by atoms with E-state index < -0.39 is 9.84 Å². The molecule has 86 valence electrons. The van der Waals surface area contributed by atoms with Gasteiger partial charge in [-0.15, -0.1) is 11.6 Å². The van der Waals surface area contributed by atoms with Crippen molar-refractivity contribution in [3.8, 4) is 0 Å². The van der Waals surface area contributed by atoms with Crippen molar-refractivity contribution in [2.45, 2.75) is 31.4 Å². The third kappa shape index (κ3) is 2.95. The number of hydrogen-bond donors (Lipinski definition) is 0. The zero-order valence-electron chi connectivity index (χ0n) is 9.07. The summed E-state index contributed by atoms with van der Waals surface area (Å²) in [6, 6.07) is 0. The number of halogens is 1. The van der Waals surface area contributed by atoms with Crippen molar-refractivity contribution in [2.75, 3.05) is 6.26 Å². The van der Waals surface area contributed by atoms with Gasteiger partial charge in [0.25, 0.3) is 0 Å². The number of hydrogen-bond acceptors (Lipinski definition) is 3. The van der Waals surface area contributed by atoms with Gasteiger partial charge in [-0.25, -0.2) is 13.4 Å². The first-order valence-electron chi connectivity index (χ1n) is 4.66. The van der Waals surface area contributed by atoms with Crippen LogP contribution in [0, 0.1) is 5.92 Å². The van der Waals surface area contributed by atoms with E-state index in [1.165, 1.54) is 6.20 Å². The Morgan fingerprint density at radius 1 is 1.53 bits per heavy atom. The maximum atomic E-state index is 11.4. The Bertz CT molecular complexity index is 437.